The van der Waals surface area contributed by atoms with E-state index in [1.54, 1.807) is 0 Å². The van der Waals surface area contributed by atoms with Crippen LogP contribution in [0.15, 0.2) is 48.5 Å². The maximum atomic E-state index is 6.00. The molecular weight excluding hydrogens is 232 g/mol. The molecule has 3 rings (SSSR count). The standard InChI is InChI=1S/C18H18O/c1-13-6-9-15(10-7-13)12-19-17-5-3-4-16-11-8-14(2)18(16)17/h3-10H,11-12H2,1-2H3. The van der Waals surface area contributed by atoms with Crippen molar-refractivity contribution in [1.82, 2.24) is 0 Å². The van der Waals surface area contributed by atoms with Crippen molar-refractivity contribution in [2.75, 3.05) is 0 Å². The third-order valence-electron chi connectivity index (χ3n) is 3.65. The van der Waals surface area contributed by atoms with E-state index in [0.29, 0.717) is 6.61 Å². The molecule has 96 valence electrons. The lowest BCUT2D eigenvalue weighted by atomic mass is 10.1. The van der Waals surface area contributed by atoms with E-state index in [4.69, 9.17) is 4.74 Å². The smallest absolute Gasteiger partial charge is 0.127 e. The van der Waals surface area contributed by atoms with Gasteiger partial charge in [-0.15, -0.1) is 0 Å². The van der Waals surface area contributed by atoms with Crippen molar-refractivity contribution in [3.8, 4) is 5.75 Å². The summed E-state index contributed by atoms with van der Waals surface area (Å²) in [5, 5.41) is 0. The van der Waals surface area contributed by atoms with E-state index < -0.39 is 0 Å². The van der Waals surface area contributed by atoms with Crippen LogP contribution in [0.1, 0.15) is 29.2 Å². The summed E-state index contributed by atoms with van der Waals surface area (Å²) in [6.07, 6.45) is 3.30. The van der Waals surface area contributed by atoms with Gasteiger partial charge in [0.2, 0.25) is 0 Å². The summed E-state index contributed by atoms with van der Waals surface area (Å²) < 4.78 is 6.00. The number of hydrogen-bond acceptors (Lipinski definition) is 1. The largest absolute Gasteiger partial charge is 0.488 e. The Morgan fingerprint density at radius 2 is 1.79 bits per heavy atom. The van der Waals surface area contributed by atoms with Crippen molar-refractivity contribution >= 4 is 5.57 Å². The quantitative estimate of drug-likeness (QED) is 0.777. The highest BCUT2D eigenvalue weighted by atomic mass is 16.5. The number of rotatable bonds is 3. The molecule has 0 fully saturated rings. The number of aryl methyl sites for hydroxylation is 1. The van der Waals surface area contributed by atoms with E-state index in [1.807, 2.05) is 0 Å². The molecule has 2 aromatic rings. The number of ether oxygens (including phenoxy) is 1. The molecule has 0 bridgehead atoms. The van der Waals surface area contributed by atoms with Gasteiger partial charge in [-0.1, -0.05) is 48.0 Å². The molecule has 0 spiro atoms. The van der Waals surface area contributed by atoms with Crippen molar-refractivity contribution < 1.29 is 4.74 Å². The molecular formula is C18H18O. The Labute approximate surface area is 114 Å². The van der Waals surface area contributed by atoms with Gasteiger partial charge < -0.3 is 4.74 Å². The van der Waals surface area contributed by atoms with Crippen LogP contribution in [0.4, 0.5) is 0 Å². The van der Waals surface area contributed by atoms with Crippen LogP contribution in [0.3, 0.4) is 0 Å². The SMILES string of the molecule is CC1=CCc2cccc(OCc3ccc(C)cc3)c21. The average molecular weight is 250 g/mol. The van der Waals surface area contributed by atoms with Crippen LogP contribution in [0.2, 0.25) is 0 Å². The van der Waals surface area contributed by atoms with Gasteiger partial charge in [0.1, 0.15) is 12.4 Å². The minimum Gasteiger partial charge on any atom is -0.488 e. The van der Waals surface area contributed by atoms with E-state index >= 15 is 0 Å². The molecule has 1 nitrogen and oxygen atoms in total. The van der Waals surface area contributed by atoms with Gasteiger partial charge in [0.05, 0.1) is 0 Å². The zero-order valence-corrected chi connectivity index (χ0v) is 11.4. The number of benzene rings is 2. The first kappa shape index (κ1) is 12.0. The molecule has 0 radical (unpaired) electrons. The Bertz CT molecular complexity index is 621. The Kier molecular flexibility index (Phi) is 3.12. The zero-order chi connectivity index (χ0) is 13.2. The van der Waals surface area contributed by atoms with Gasteiger partial charge in [-0.05, 0) is 43.0 Å². The molecule has 0 atom stereocenters. The fourth-order valence-electron chi connectivity index (χ4n) is 2.53. The average Bonchev–Trinajstić information content (AvgIpc) is 2.81. The molecule has 2 aromatic carbocycles. The van der Waals surface area contributed by atoms with Crippen molar-refractivity contribution in [3.05, 3.63) is 70.8 Å². The summed E-state index contributed by atoms with van der Waals surface area (Å²) in [7, 11) is 0. The van der Waals surface area contributed by atoms with Gasteiger partial charge in [-0.3, -0.25) is 0 Å². The summed E-state index contributed by atoms with van der Waals surface area (Å²) >= 11 is 0. The van der Waals surface area contributed by atoms with E-state index in [0.717, 1.165) is 12.2 Å². The molecule has 0 heterocycles. The summed E-state index contributed by atoms with van der Waals surface area (Å²) in [5.74, 6) is 1.00. The van der Waals surface area contributed by atoms with E-state index in [2.05, 4.69) is 62.4 Å². The fraction of sp³-hybridized carbons (Fsp3) is 0.222. The maximum absolute atomic E-state index is 6.00. The predicted molar refractivity (Wildman–Crippen MR) is 79.3 cm³/mol. The number of allylic oxidation sites excluding steroid dienone is 2. The first-order valence-electron chi connectivity index (χ1n) is 6.71. The Morgan fingerprint density at radius 3 is 2.58 bits per heavy atom. The second kappa shape index (κ2) is 4.93. The molecule has 0 N–H and O–H groups in total. The topological polar surface area (TPSA) is 9.23 Å². The van der Waals surface area contributed by atoms with E-state index in [-0.39, 0.29) is 0 Å². The minimum atomic E-state index is 0.629. The summed E-state index contributed by atoms with van der Waals surface area (Å²) in [5.41, 5.74) is 6.48. The van der Waals surface area contributed by atoms with E-state index in [1.165, 1.54) is 27.8 Å². The van der Waals surface area contributed by atoms with Crippen LogP contribution in [0, 0.1) is 6.92 Å². The third kappa shape index (κ3) is 2.41. The van der Waals surface area contributed by atoms with Gasteiger partial charge in [0.15, 0.2) is 0 Å². The molecule has 0 saturated heterocycles. The van der Waals surface area contributed by atoms with Crippen molar-refractivity contribution in [2.45, 2.75) is 26.9 Å². The van der Waals surface area contributed by atoms with Gasteiger partial charge in [-0.2, -0.15) is 0 Å². The lowest BCUT2D eigenvalue weighted by molar-refractivity contribution is 0.305. The molecule has 0 aromatic heterocycles. The third-order valence-corrected chi connectivity index (χ3v) is 3.65. The molecule has 1 aliphatic carbocycles. The molecule has 0 amide bonds. The van der Waals surface area contributed by atoms with Crippen LogP contribution >= 0.6 is 0 Å². The van der Waals surface area contributed by atoms with Crippen LogP contribution in [0.25, 0.3) is 5.57 Å². The van der Waals surface area contributed by atoms with Crippen LogP contribution in [0.5, 0.6) is 5.75 Å². The fourth-order valence-corrected chi connectivity index (χ4v) is 2.53. The minimum absolute atomic E-state index is 0.629. The first-order valence-corrected chi connectivity index (χ1v) is 6.71. The molecule has 1 heteroatoms. The van der Waals surface area contributed by atoms with Crippen LogP contribution in [-0.2, 0) is 13.0 Å². The highest BCUT2D eigenvalue weighted by molar-refractivity contribution is 5.76. The molecule has 0 aliphatic heterocycles. The normalized spacial score (nSPS) is 13.1. The van der Waals surface area contributed by atoms with Crippen molar-refractivity contribution in [2.24, 2.45) is 0 Å². The summed E-state index contributed by atoms with van der Waals surface area (Å²) in [6, 6.07) is 14.8. The predicted octanol–water partition coefficient (Wildman–Crippen LogP) is 4.53. The van der Waals surface area contributed by atoms with Gasteiger partial charge in [0.25, 0.3) is 0 Å². The number of hydrogen-bond donors (Lipinski definition) is 0. The van der Waals surface area contributed by atoms with Crippen LogP contribution < -0.4 is 4.74 Å². The molecule has 1 aliphatic rings. The lowest BCUT2D eigenvalue weighted by Crippen LogP contribution is -1.98. The van der Waals surface area contributed by atoms with Crippen LogP contribution in [-0.4, -0.2) is 0 Å². The highest BCUT2D eigenvalue weighted by Crippen LogP contribution is 2.35. The summed E-state index contributed by atoms with van der Waals surface area (Å²) in [6.45, 7) is 4.89. The monoisotopic (exact) mass is 250 g/mol. The van der Waals surface area contributed by atoms with E-state index in [9.17, 15) is 0 Å². The van der Waals surface area contributed by atoms with Gasteiger partial charge >= 0.3 is 0 Å². The second-order valence-electron chi connectivity index (χ2n) is 5.16. The lowest BCUT2D eigenvalue weighted by Gasteiger charge is -2.12. The first-order chi connectivity index (χ1) is 9.24. The summed E-state index contributed by atoms with van der Waals surface area (Å²) in [4.78, 5) is 0. The maximum Gasteiger partial charge on any atom is 0.127 e. The van der Waals surface area contributed by atoms with Crippen molar-refractivity contribution in [1.29, 1.82) is 0 Å². The molecule has 19 heavy (non-hydrogen) atoms. The Morgan fingerprint density at radius 1 is 1.00 bits per heavy atom. The van der Waals surface area contributed by atoms with Crippen molar-refractivity contribution in [3.63, 3.8) is 0 Å². The molecule has 0 unspecified atom stereocenters. The second-order valence-corrected chi connectivity index (χ2v) is 5.16. The Hall–Kier alpha value is -2.02. The van der Waals surface area contributed by atoms with Gasteiger partial charge in [-0.25, -0.2) is 0 Å². The van der Waals surface area contributed by atoms with Gasteiger partial charge in [0, 0.05) is 5.56 Å². The Balaban J connectivity index is 1.80. The highest BCUT2D eigenvalue weighted by Gasteiger charge is 2.15. The zero-order valence-electron chi connectivity index (χ0n) is 11.4. The molecule has 0 saturated carbocycles. The number of fused-ring (bicyclic) bond motifs is 1.